The summed E-state index contributed by atoms with van der Waals surface area (Å²) in [6.45, 7) is 7.37. The van der Waals surface area contributed by atoms with Crippen LogP contribution in [0.5, 0.6) is 0 Å². The molecule has 2 fully saturated rings. The van der Waals surface area contributed by atoms with Crippen LogP contribution in [0.1, 0.15) is 33.1 Å². The largest absolute Gasteiger partial charge is 0.379 e. The third-order valence-corrected chi connectivity index (χ3v) is 5.19. The van der Waals surface area contributed by atoms with Crippen molar-refractivity contribution >= 4 is 17.7 Å². The molecule has 110 valence electrons. The van der Waals surface area contributed by atoms with Gasteiger partial charge in [0.05, 0.1) is 0 Å². The number of nitrogens with one attached hydrogen (secondary N) is 1. The van der Waals surface area contributed by atoms with Crippen LogP contribution in [-0.4, -0.2) is 58.7 Å². The van der Waals surface area contributed by atoms with E-state index in [0.717, 1.165) is 25.3 Å². The number of aliphatic hydroxyl groups is 1. The molecular formula is C14H26N2O2S. The number of rotatable bonds is 5. The van der Waals surface area contributed by atoms with E-state index >= 15 is 0 Å². The van der Waals surface area contributed by atoms with Crippen LogP contribution >= 0.6 is 11.8 Å². The summed E-state index contributed by atoms with van der Waals surface area (Å²) >= 11 is 1.66. The molecule has 0 aromatic rings. The molecule has 0 spiro atoms. The van der Waals surface area contributed by atoms with E-state index in [4.69, 9.17) is 0 Å². The smallest absolute Gasteiger partial charge is 0.252 e. The van der Waals surface area contributed by atoms with Gasteiger partial charge < -0.3 is 10.4 Å². The number of nitrogens with zero attached hydrogens (tertiary/aromatic N) is 1. The van der Waals surface area contributed by atoms with Crippen LogP contribution in [0.15, 0.2) is 0 Å². The lowest BCUT2D eigenvalue weighted by Gasteiger charge is -2.28. The highest BCUT2D eigenvalue weighted by molar-refractivity contribution is 7.99. The van der Waals surface area contributed by atoms with Gasteiger partial charge in [0.1, 0.15) is 0 Å². The fourth-order valence-corrected chi connectivity index (χ4v) is 4.18. The summed E-state index contributed by atoms with van der Waals surface area (Å²) in [6.07, 6.45) is 2.96. The van der Waals surface area contributed by atoms with E-state index in [0.29, 0.717) is 30.7 Å². The Morgan fingerprint density at radius 2 is 2.37 bits per heavy atom. The van der Waals surface area contributed by atoms with Crippen LogP contribution in [0.25, 0.3) is 0 Å². The van der Waals surface area contributed by atoms with Crippen molar-refractivity contribution < 1.29 is 9.90 Å². The minimum Gasteiger partial charge on any atom is -0.379 e. The average Bonchev–Trinajstić information content (AvgIpc) is 2.96. The van der Waals surface area contributed by atoms with E-state index in [9.17, 15) is 9.90 Å². The normalized spacial score (nSPS) is 32.1. The Kier molecular flexibility index (Phi) is 5.15. The molecule has 1 amide bonds. The summed E-state index contributed by atoms with van der Waals surface area (Å²) in [4.78, 5) is 14.5. The molecular weight excluding hydrogens is 260 g/mol. The monoisotopic (exact) mass is 286 g/mol. The molecule has 0 radical (unpaired) electrons. The first-order valence-electron chi connectivity index (χ1n) is 7.34. The Bertz CT molecular complexity index is 317. The number of carbonyl (C=O) groups excluding carboxylic acids is 1. The van der Waals surface area contributed by atoms with Gasteiger partial charge in [-0.05, 0) is 37.5 Å². The Hall–Kier alpha value is -0.260. The molecule has 1 unspecified atom stereocenters. The van der Waals surface area contributed by atoms with E-state index in [1.54, 1.807) is 11.8 Å². The molecule has 2 aliphatic heterocycles. The molecule has 0 saturated carbocycles. The third-order valence-electron chi connectivity index (χ3n) is 4.02. The standard InChI is InChI=1S/C14H26N2O2S/c1-11(2)9-16-6-3-4-12(16)8-15-13(17)14(18)5-7-19-10-14/h11-12,18H,3-10H2,1-2H3,(H,15,17)/t12-,14?/m1/s1. The summed E-state index contributed by atoms with van der Waals surface area (Å²) in [7, 11) is 0. The van der Waals surface area contributed by atoms with Crippen molar-refractivity contribution in [2.24, 2.45) is 5.92 Å². The second kappa shape index (κ2) is 6.46. The predicted octanol–water partition coefficient (Wildman–Crippen LogP) is 1.09. The van der Waals surface area contributed by atoms with Crippen molar-refractivity contribution in [3.8, 4) is 0 Å². The molecule has 2 atom stereocenters. The molecule has 4 nitrogen and oxygen atoms in total. The zero-order valence-electron chi connectivity index (χ0n) is 12.0. The lowest BCUT2D eigenvalue weighted by Crippen LogP contribution is -2.50. The van der Waals surface area contributed by atoms with Gasteiger partial charge in [-0.2, -0.15) is 11.8 Å². The van der Waals surface area contributed by atoms with Crippen LogP contribution in [0, 0.1) is 5.92 Å². The van der Waals surface area contributed by atoms with Crippen molar-refractivity contribution in [1.29, 1.82) is 0 Å². The van der Waals surface area contributed by atoms with E-state index in [-0.39, 0.29) is 5.91 Å². The van der Waals surface area contributed by atoms with Gasteiger partial charge in [0.15, 0.2) is 5.60 Å². The van der Waals surface area contributed by atoms with E-state index < -0.39 is 5.60 Å². The maximum atomic E-state index is 12.1. The van der Waals surface area contributed by atoms with Crippen LogP contribution in [0.2, 0.25) is 0 Å². The van der Waals surface area contributed by atoms with Gasteiger partial charge in [0.25, 0.3) is 5.91 Å². The first-order valence-corrected chi connectivity index (χ1v) is 8.49. The maximum Gasteiger partial charge on any atom is 0.252 e. The summed E-state index contributed by atoms with van der Waals surface area (Å²) in [5, 5.41) is 13.2. The van der Waals surface area contributed by atoms with Gasteiger partial charge >= 0.3 is 0 Å². The average molecular weight is 286 g/mol. The minimum absolute atomic E-state index is 0.172. The first kappa shape index (κ1) is 15.1. The third kappa shape index (κ3) is 3.86. The Morgan fingerprint density at radius 3 is 3.00 bits per heavy atom. The SMILES string of the molecule is CC(C)CN1CCC[C@@H]1CNC(=O)C1(O)CCSC1. The summed E-state index contributed by atoms with van der Waals surface area (Å²) in [5.74, 6) is 1.91. The molecule has 2 aliphatic rings. The first-order chi connectivity index (χ1) is 9.01. The van der Waals surface area contributed by atoms with Gasteiger partial charge in [-0.15, -0.1) is 0 Å². The Balaban J connectivity index is 1.79. The predicted molar refractivity (Wildman–Crippen MR) is 79.3 cm³/mol. The number of carbonyl (C=O) groups is 1. The maximum absolute atomic E-state index is 12.1. The Morgan fingerprint density at radius 1 is 1.58 bits per heavy atom. The highest BCUT2D eigenvalue weighted by Gasteiger charge is 2.39. The van der Waals surface area contributed by atoms with Gasteiger partial charge in [-0.3, -0.25) is 9.69 Å². The van der Waals surface area contributed by atoms with Crippen molar-refractivity contribution in [3.05, 3.63) is 0 Å². The lowest BCUT2D eigenvalue weighted by atomic mass is 10.0. The second-order valence-corrected chi connectivity index (χ2v) is 7.33. The number of thioether (sulfide) groups is 1. The summed E-state index contributed by atoms with van der Waals surface area (Å²) in [6, 6.07) is 0.448. The van der Waals surface area contributed by atoms with Crippen LogP contribution in [0.4, 0.5) is 0 Å². The summed E-state index contributed by atoms with van der Waals surface area (Å²) in [5.41, 5.74) is -1.12. The van der Waals surface area contributed by atoms with Gasteiger partial charge in [-0.25, -0.2) is 0 Å². The zero-order valence-corrected chi connectivity index (χ0v) is 12.8. The van der Waals surface area contributed by atoms with E-state index in [2.05, 4.69) is 24.1 Å². The molecule has 19 heavy (non-hydrogen) atoms. The van der Waals surface area contributed by atoms with Gasteiger partial charge in [-0.1, -0.05) is 13.8 Å². The molecule has 2 N–H and O–H groups in total. The van der Waals surface area contributed by atoms with E-state index in [1.807, 2.05) is 0 Å². The number of amides is 1. The van der Waals surface area contributed by atoms with Crippen molar-refractivity contribution in [2.45, 2.75) is 44.8 Å². The highest BCUT2D eigenvalue weighted by atomic mass is 32.2. The van der Waals surface area contributed by atoms with Crippen molar-refractivity contribution in [2.75, 3.05) is 31.1 Å². The molecule has 2 saturated heterocycles. The Labute approximate surface area is 120 Å². The molecule has 0 aliphatic carbocycles. The number of likely N-dealkylation sites (tertiary alicyclic amines) is 1. The molecule has 0 bridgehead atoms. The highest BCUT2D eigenvalue weighted by Crippen LogP contribution is 2.28. The summed E-state index contributed by atoms with van der Waals surface area (Å²) < 4.78 is 0. The number of hydrogen-bond acceptors (Lipinski definition) is 4. The molecule has 2 heterocycles. The van der Waals surface area contributed by atoms with E-state index in [1.165, 1.54) is 6.42 Å². The van der Waals surface area contributed by atoms with Gasteiger partial charge in [0.2, 0.25) is 0 Å². The fourth-order valence-electron chi connectivity index (χ4n) is 2.94. The number of hydrogen-bond donors (Lipinski definition) is 2. The zero-order chi connectivity index (χ0) is 13.9. The lowest BCUT2D eigenvalue weighted by molar-refractivity contribution is -0.137. The molecule has 5 heteroatoms. The van der Waals surface area contributed by atoms with Crippen molar-refractivity contribution in [3.63, 3.8) is 0 Å². The van der Waals surface area contributed by atoms with Crippen LogP contribution in [-0.2, 0) is 4.79 Å². The molecule has 2 rings (SSSR count). The fraction of sp³-hybridized carbons (Fsp3) is 0.929. The quantitative estimate of drug-likeness (QED) is 0.794. The van der Waals surface area contributed by atoms with Gasteiger partial charge in [0, 0.05) is 24.9 Å². The second-order valence-electron chi connectivity index (χ2n) is 6.23. The topological polar surface area (TPSA) is 52.6 Å². The molecule has 0 aromatic carbocycles. The molecule has 0 aromatic heterocycles. The minimum atomic E-state index is -1.12. The van der Waals surface area contributed by atoms with Crippen LogP contribution in [0.3, 0.4) is 0 Å². The van der Waals surface area contributed by atoms with Crippen LogP contribution < -0.4 is 5.32 Å². The van der Waals surface area contributed by atoms with Crippen molar-refractivity contribution in [1.82, 2.24) is 10.2 Å².